The summed E-state index contributed by atoms with van der Waals surface area (Å²) in [6.45, 7) is 2.94. The molecule has 0 unspecified atom stereocenters. The number of aliphatic hydroxyl groups excluding tert-OH is 2. The molecule has 42 heteroatoms. The van der Waals surface area contributed by atoms with Crippen LogP contribution in [0.4, 0.5) is 13.2 Å². The zero-order chi connectivity index (χ0) is 101. The Bertz CT molecular complexity index is 5530. The van der Waals surface area contributed by atoms with E-state index in [0.717, 1.165) is 31.5 Å². The molecular formula is C97H120F3N17O21S. The molecule has 4 heterocycles. The summed E-state index contributed by atoms with van der Waals surface area (Å²) in [4.78, 5) is 247. The summed E-state index contributed by atoms with van der Waals surface area (Å²) in [6, 6.07) is 13.0. The Morgan fingerprint density at radius 2 is 0.964 bits per heavy atom. The highest BCUT2D eigenvalue weighted by atomic mass is 32.2. The third-order valence-electron chi connectivity index (χ3n) is 24.7. The van der Waals surface area contributed by atoms with Gasteiger partial charge in [0.1, 0.15) is 90.0 Å². The number of aromatic amines is 1. The molecule has 7 aromatic rings. The molecule has 38 nitrogen and oxygen atoms in total. The molecule has 15 atom stereocenters. The van der Waals surface area contributed by atoms with Crippen molar-refractivity contribution in [1.82, 2.24) is 77.3 Å². The fraction of sp³-hybridized carbons (Fsp3) is 0.443. The van der Waals surface area contributed by atoms with Crippen LogP contribution in [-0.4, -0.2) is 299 Å². The predicted molar refractivity (Wildman–Crippen MR) is 502 cm³/mol. The number of amides is 15. The van der Waals surface area contributed by atoms with Crippen LogP contribution in [0.25, 0.3) is 10.9 Å². The highest BCUT2D eigenvalue weighted by Gasteiger charge is 2.49. The van der Waals surface area contributed by atoms with Gasteiger partial charge in [-0.15, -0.1) is 11.8 Å². The third kappa shape index (κ3) is 29.5. The highest BCUT2D eigenvalue weighted by molar-refractivity contribution is 8.00. The maximum atomic E-state index is 15.8. The standard InChI is InChI=1S/C97H120F3N17O21S/c1-7-8-26-75-96(137)117-50-63(121)45-78(117)92(133)109-71(46-82(124)125)89(130)112-84(53(2)3)97(138)114(5)76(41-54-19-11-9-12-20-54)90(131)110-73(39-57-29-33-61(119)34-30-57)94(135)116-49-62(120)44-77(116)91(132)108-70(43-59-47-103-67-24-16-15-23-64(59)67)88(129)107-69(38-56-27-31-60(118)32-28-56)87(128)106-68(25-17-18-35-101)86(127)111-74(85(126)104-48-80(102)122)51-139-52-81(123)105-72(40-58-36-65(98)83(100)66(99)37-58)93(134)115(6)79(95(136)113(75)4)42-55-21-13-10-14-22-55/h9-16,19-24,27-34,36-37,47,53,62-63,68-79,84,103,118-121H,7-8,17-18,25-26,35,38-46,48-52,101H2,1-6H3,(H2,102,122)(H,104,126)(H,105,123)(H,106,128)(H,107,129)(H,108,132)(H,109,133)(H,110,131)(H,111,127)(H,112,130)(H,124,125)/t62-,63-,68+,69+,70+,71+,72+,73-,74+,75+,76-,77-,78-,79+,84+/m1/s1. The number of unbranched alkanes of at least 4 members (excludes halogenated alkanes) is 2. The number of benzene rings is 6. The lowest BCUT2D eigenvalue weighted by Gasteiger charge is -2.38. The van der Waals surface area contributed by atoms with Crippen LogP contribution in [0.1, 0.15) is 112 Å². The quantitative estimate of drug-likeness (QED) is 0.0278. The molecule has 6 aromatic carbocycles. The third-order valence-corrected chi connectivity index (χ3v) is 25.7. The predicted octanol–water partition coefficient (Wildman–Crippen LogP) is 0.834. The molecule has 0 aliphatic carbocycles. The fourth-order valence-corrected chi connectivity index (χ4v) is 17.9. The van der Waals surface area contributed by atoms with Crippen molar-refractivity contribution < 1.29 is 115 Å². The second-order valence-corrected chi connectivity index (χ2v) is 36.4. The first kappa shape index (κ1) is 107. The van der Waals surface area contributed by atoms with E-state index in [4.69, 9.17) is 11.5 Å². The first-order valence-corrected chi connectivity index (χ1v) is 46.9. The lowest BCUT2D eigenvalue weighted by Crippen LogP contribution is -2.62. The number of fused-ring (bicyclic) bond motifs is 3. The summed E-state index contributed by atoms with van der Waals surface area (Å²) in [6.07, 6.45) is -5.44. The summed E-state index contributed by atoms with van der Waals surface area (Å²) in [5.74, 6) is -25.3. The highest BCUT2D eigenvalue weighted by Crippen LogP contribution is 2.30. The zero-order valence-corrected chi connectivity index (χ0v) is 78.5. The van der Waals surface area contributed by atoms with Crippen molar-refractivity contribution in [3.8, 4) is 11.5 Å². The van der Waals surface area contributed by atoms with Gasteiger partial charge in [-0.2, -0.15) is 0 Å². The number of halogens is 3. The number of aliphatic hydroxyl groups is 2. The van der Waals surface area contributed by atoms with Crippen molar-refractivity contribution in [2.45, 2.75) is 208 Å². The molecule has 10 rings (SSSR count). The number of H-pyrrole nitrogens is 1. The first-order valence-electron chi connectivity index (χ1n) is 45.8. The number of hydrogen-bond acceptors (Lipinski definition) is 22. The number of primary amides is 1. The fourth-order valence-electron chi connectivity index (χ4n) is 17.1. The number of carbonyl (C=O) groups is 16. The van der Waals surface area contributed by atoms with E-state index in [1.807, 2.05) is 0 Å². The molecule has 0 bridgehead atoms. The van der Waals surface area contributed by atoms with E-state index in [2.05, 4.69) is 52.8 Å². The van der Waals surface area contributed by atoms with Gasteiger partial charge in [0.15, 0.2) is 17.5 Å². The van der Waals surface area contributed by atoms with E-state index in [1.54, 1.807) is 98.0 Å². The second-order valence-electron chi connectivity index (χ2n) is 35.4. The van der Waals surface area contributed by atoms with Gasteiger partial charge in [-0.05, 0) is 114 Å². The van der Waals surface area contributed by atoms with E-state index < -0.39 is 278 Å². The summed E-state index contributed by atoms with van der Waals surface area (Å²) in [5, 5.41) is 78.4. The number of carboxylic acids is 1. The van der Waals surface area contributed by atoms with Gasteiger partial charge in [-0.25, -0.2) is 13.2 Å². The Morgan fingerprint density at radius 3 is 1.53 bits per heavy atom. The van der Waals surface area contributed by atoms with Crippen LogP contribution in [0.2, 0.25) is 0 Å². The number of nitrogens with one attached hydrogen (secondary N) is 10. The number of para-hydroxylation sites is 1. The number of carbonyl (C=O) groups excluding carboxylic acids is 15. The Hall–Kier alpha value is -14.0. The van der Waals surface area contributed by atoms with Crippen molar-refractivity contribution in [3.05, 3.63) is 203 Å². The van der Waals surface area contributed by atoms with Gasteiger partial charge < -0.3 is 114 Å². The molecule has 3 aliphatic rings. The number of phenolic OH excluding ortho intramolecular Hbond substituents is 2. The van der Waals surface area contributed by atoms with Crippen molar-refractivity contribution in [2.24, 2.45) is 17.4 Å². The maximum absolute atomic E-state index is 15.8. The Morgan fingerprint density at radius 1 is 0.489 bits per heavy atom. The van der Waals surface area contributed by atoms with Gasteiger partial charge in [0, 0.05) is 108 Å². The minimum absolute atomic E-state index is 0.0771. The molecule has 15 amide bonds. The molecule has 0 spiro atoms. The largest absolute Gasteiger partial charge is 0.508 e. The molecule has 3 fully saturated rings. The lowest BCUT2D eigenvalue weighted by molar-refractivity contribution is -0.152. The van der Waals surface area contributed by atoms with Crippen LogP contribution in [0.5, 0.6) is 11.5 Å². The molecule has 3 saturated heterocycles. The zero-order valence-electron chi connectivity index (χ0n) is 77.7. The van der Waals surface area contributed by atoms with Crippen LogP contribution in [0, 0.1) is 23.4 Å². The molecule has 3 aliphatic heterocycles. The Kier molecular flexibility index (Phi) is 38.8. The normalized spacial score (nSPS) is 24.1. The van der Waals surface area contributed by atoms with Crippen molar-refractivity contribution in [3.63, 3.8) is 0 Å². The van der Waals surface area contributed by atoms with Gasteiger partial charge >= 0.3 is 5.97 Å². The van der Waals surface area contributed by atoms with Gasteiger partial charge in [0.25, 0.3) is 0 Å². The van der Waals surface area contributed by atoms with Crippen molar-refractivity contribution >= 4 is 117 Å². The number of hydrogen-bond donors (Lipinski definition) is 17. The minimum Gasteiger partial charge on any atom is -0.508 e. The second kappa shape index (κ2) is 50.4. The van der Waals surface area contributed by atoms with Gasteiger partial charge in [0.05, 0.1) is 30.9 Å². The summed E-state index contributed by atoms with van der Waals surface area (Å²) in [5.41, 5.74) is 13.6. The Labute approximate surface area is 804 Å². The number of aromatic hydroxyl groups is 2. The molecule has 0 saturated carbocycles. The lowest BCUT2D eigenvalue weighted by atomic mass is 9.98. The van der Waals surface area contributed by atoms with E-state index >= 15 is 56.7 Å². The van der Waals surface area contributed by atoms with Crippen LogP contribution in [0.15, 0.2) is 152 Å². The van der Waals surface area contributed by atoms with Gasteiger partial charge in [0.2, 0.25) is 88.6 Å². The molecule has 746 valence electrons. The SMILES string of the molecule is CCCC[C@H]1C(=O)N2C[C@H](O)C[C@@H]2C(=O)N[C@@H](CC(=O)O)C(=O)N[C@@H](C(C)C)C(=O)N(C)[C@H](Cc2ccccc2)C(=O)N[C@H](Cc2ccc(O)cc2)C(=O)N2C[C@H](O)C[C@@H]2C(=O)N[C@@H](Cc2c[nH]c3ccccc23)C(=O)N[C@@H](Cc2ccc(O)cc2)C(=O)N[C@@H](CCCCN)C(=O)N[C@H](C(=O)NCC(N)=O)CSCC(=O)N[C@@H](Cc2cc(F)c(F)c(F)c2)C(=O)N(C)[C@@H](Cc2ccccc2)C(=O)N1C. The summed E-state index contributed by atoms with van der Waals surface area (Å²) >= 11 is 0.641. The monoisotopic (exact) mass is 1950 g/mol. The Balaban J connectivity index is 1.07. The van der Waals surface area contributed by atoms with Crippen molar-refractivity contribution in [1.29, 1.82) is 0 Å². The molecule has 0 radical (unpaired) electrons. The van der Waals surface area contributed by atoms with Crippen LogP contribution in [0.3, 0.4) is 0 Å². The number of nitrogens with zero attached hydrogens (tertiary/aromatic N) is 5. The average Bonchev–Trinajstić information content (AvgIpc) is 1.71. The molecule has 139 heavy (non-hydrogen) atoms. The number of rotatable bonds is 25. The number of aromatic nitrogens is 1. The number of thioether (sulfide) groups is 1. The van der Waals surface area contributed by atoms with E-state index in [9.17, 15) is 58.7 Å². The van der Waals surface area contributed by atoms with E-state index in [-0.39, 0.29) is 75.8 Å². The number of phenols is 2. The van der Waals surface area contributed by atoms with Crippen LogP contribution in [-0.2, 0) is 115 Å². The van der Waals surface area contributed by atoms with E-state index in [0.29, 0.717) is 69.0 Å². The van der Waals surface area contributed by atoms with Gasteiger partial charge in [-0.1, -0.05) is 137 Å². The maximum Gasteiger partial charge on any atom is 0.305 e. The summed E-state index contributed by atoms with van der Waals surface area (Å²) in [7, 11) is 3.61. The number of nitrogens with two attached hydrogens (primary N) is 2. The molecular weight excluding hydrogens is 1830 g/mol. The molecule has 19 N–H and O–H groups in total. The number of carboxylic acid groups (broad SMARTS) is 1. The minimum atomic E-state index is -2.06. The van der Waals surface area contributed by atoms with Gasteiger partial charge in [-0.3, -0.25) is 76.7 Å². The number of aliphatic carboxylic acids is 1. The van der Waals surface area contributed by atoms with Crippen LogP contribution >= 0.6 is 11.8 Å². The first-order chi connectivity index (χ1) is 66.2. The number of likely N-dealkylation sites (N-methyl/N-ethyl adjacent to an activating group) is 3. The van der Waals surface area contributed by atoms with Crippen molar-refractivity contribution in [2.75, 3.05) is 58.8 Å². The smallest absolute Gasteiger partial charge is 0.305 e. The topological polar surface area (TPSA) is 567 Å². The molecule has 1 aromatic heterocycles. The summed E-state index contributed by atoms with van der Waals surface area (Å²) < 4.78 is 45.2. The van der Waals surface area contributed by atoms with E-state index in [1.165, 1.54) is 76.5 Å². The van der Waals surface area contributed by atoms with Crippen LogP contribution < -0.4 is 59.3 Å². The average molecular weight is 1950 g/mol.